The van der Waals surface area contributed by atoms with Crippen LogP contribution in [0, 0.1) is 5.41 Å². The standard InChI is InChI=1S/C23H31F3N4O3/c1-21(2,3)11-19(31)30-9-8-29(13-16(30)20(32)28-14-23(24,25)26)22(4,5)18-10-15-12-27-7-6-17(15)33-18/h6-7,10,12,16H,8-9,11,13-14H2,1-5H3,(H,28,32)/t16-/m0/s1. The number of carbonyl (C=O) groups excluding carboxylic acids is 2. The van der Waals surface area contributed by atoms with Gasteiger partial charge in [-0.25, -0.2) is 0 Å². The molecule has 0 radical (unpaired) electrons. The van der Waals surface area contributed by atoms with Crippen LogP contribution < -0.4 is 5.32 Å². The largest absolute Gasteiger partial charge is 0.459 e. The molecule has 1 saturated heterocycles. The van der Waals surface area contributed by atoms with Crippen molar-refractivity contribution in [2.24, 2.45) is 5.41 Å². The highest BCUT2D eigenvalue weighted by atomic mass is 19.4. The van der Waals surface area contributed by atoms with Gasteiger partial charge in [-0.1, -0.05) is 20.8 Å². The van der Waals surface area contributed by atoms with E-state index in [1.54, 1.807) is 18.5 Å². The summed E-state index contributed by atoms with van der Waals surface area (Å²) in [5.74, 6) is -0.416. The molecule has 1 aliphatic heterocycles. The average Bonchev–Trinajstić information content (AvgIpc) is 3.15. The zero-order valence-electron chi connectivity index (χ0n) is 19.6. The average molecular weight is 469 g/mol. The Balaban J connectivity index is 1.85. The van der Waals surface area contributed by atoms with Gasteiger partial charge in [0.15, 0.2) is 0 Å². The quantitative estimate of drug-likeness (QED) is 0.724. The fraction of sp³-hybridized carbons (Fsp3) is 0.609. The molecule has 2 aromatic heterocycles. The van der Waals surface area contributed by atoms with Crippen LogP contribution in [0.25, 0.3) is 11.0 Å². The zero-order valence-corrected chi connectivity index (χ0v) is 19.6. The maximum atomic E-state index is 13.0. The van der Waals surface area contributed by atoms with E-state index in [2.05, 4.69) is 4.98 Å². The van der Waals surface area contributed by atoms with Gasteiger partial charge < -0.3 is 14.6 Å². The number of rotatable bonds is 5. The Morgan fingerprint density at radius 3 is 2.48 bits per heavy atom. The summed E-state index contributed by atoms with van der Waals surface area (Å²) >= 11 is 0. The van der Waals surface area contributed by atoms with Gasteiger partial charge >= 0.3 is 6.18 Å². The van der Waals surface area contributed by atoms with Crippen molar-refractivity contribution < 1.29 is 27.2 Å². The van der Waals surface area contributed by atoms with E-state index in [1.807, 2.05) is 50.9 Å². The molecule has 10 heteroatoms. The van der Waals surface area contributed by atoms with E-state index in [0.29, 0.717) is 17.9 Å². The predicted octanol–water partition coefficient (Wildman–Crippen LogP) is 3.69. The van der Waals surface area contributed by atoms with E-state index in [9.17, 15) is 22.8 Å². The summed E-state index contributed by atoms with van der Waals surface area (Å²) in [6.07, 6.45) is -1.03. The molecule has 33 heavy (non-hydrogen) atoms. The van der Waals surface area contributed by atoms with Gasteiger partial charge in [0, 0.05) is 43.8 Å². The minimum Gasteiger partial charge on any atom is -0.459 e. The molecule has 1 atom stereocenters. The number of furan rings is 1. The molecule has 0 saturated carbocycles. The zero-order chi connectivity index (χ0) is 24.6. The second-order valence-corrected chi connectivity index (χ2v) is 10.2. The van der Waals surface area contributed by atoms with E-state index in [-0.39, 0.29) is 30.8 Å². The molecule has 1 fully saturated rings. The number of pyridine rings is 1. The number of halogens is 3. The van der Waals surface area contributed by atoms with Crippen molar-refractivity contribution in [3.63, 3.8) is 0 Å². The van der Waals surface area contributed by atoms with Crippen LogP contribution in [0.1, 0.15) is 46.8 Å². The van der Waals surface area contributed by atoms with Crippen LogP contribution in [0.5, 0.6) is 0 Å². The van der Waals surface area contributed by atoms with Gasteiger partial charge in [0.05, 0.1) is 5.54 Å². The van der Waals surface area contributed by atoms with Crippen molar-refractivity contribution >= 4 is 22.8 Å². The monoisotopic (exact) mass is 468 g/mol. The van der Waals surface area contributed by atoms with E-state index in [1.165, 1.54) is 4.90 Å². The summed E-state index contributed by atoms with van der Waals surface area (Å²) in [4.78, 5) is 33.2. The highest BCUT2D eigenvalue weighted by Gasteiger charge is 2.43. The molecule has 3 heterocycles. The number of amides is 2. The van der Waals surface area contributed by atoms with Gasteiger partial charge in [-0.15, -0.1) is 0 Å². The summed E-state index contributed by atoms with van der Waals surface area (Å²) in [5, 5.41) is 2.79. The highest BCUT2D eigenvalue weighted by molar-refractivity contribution is 5.88. The molecule has 2 amide bonds. The lowest BCUT2D eigenvalue weighted by atomic mass is 9.90. The molecule has 3 rings (SSSR count). The van der Waals surface area contributed by atoms with Crippen LogP contribution >= 0.6 is 0 Å². The van der Waals surface area contributed by atoms with Crippen molar-refractivity contribution in [2.45, 2.75) is 58.8 Å². The summed E-state index contributed by atoms with van der Waals surface area (Å²) in [6, 6.07) is 2.59. The lowest BCUT2D eigenvalue weighted by molar-refractivity contribution is -0.151. The number of hydrogen-bond donors (Lipinski definition) is 1. The van der Waals surface area contributed by atoms with E-state index >= 15 is 0 Å². The SMILES string of the molecule is CC(C)(C)CC(=O)N1CCN(C(C)(C)c2cc3cnccc3o2)C[C@H]1C(=O)NCC(F)(F)F. The second kappa shape index (κ2) is 8.96. The van der Waals surface area contributed by atoms with E-state index in [4.69, 9.17) is 4.42 Å². The molecular weight excluding hydrogens is 437 g/mol. The van der Waals surface area contributed by atoms with Crippen LogP contribution in [0.4, 0.5) is 13.2 Å². The van der Waals surface area contributed by atoms with Gasteiger partial charge in [-0.3, -0.25) is 19.5 Å². The first-order valence-corrected chi connectivity index (χ1v) is 10.9. The molecule has 0 bridgehead atoms. The van der Waals surface area contributed by atoms with E-state index in [0.717, 1.165) is 5.39 Å². The van der Waals surface area contributed by atoms with Crippen molar-refractivity contribution in [1.29, 1.82) is 0 Å². The molecule has 0 unspecified atom stereocenters. The number of nitrogens with zero attached hydrogens (tertiary/aromatic N) is 3. The fourth-order valence-corrected chi connectivity index (χ4v) is 4.02. The van der Waals surface area contributed by atoms with Gasteiger partial charge in [0.25, 0.3) is 0 Å². The molecule has 7 nitrogen and oxygen atoms in total. The number of carbonyl (C=O) groups is 2. The normalized spacial score (nSPS) is 18.5. The summed E-state index contributed by atoms with van der Waals surface area (Å²) in [6.45, 7) is 8.88. The number of hydrogen-bond acceptors (Lipinski definition) is 5. The number of alkyl halides is 3. The Labute approximate surface area is 191 Å². The molecular formula is C23H31F3N4O3. The van der Waals surface area contributed by atoms with Crippen molar-refractivity contribution in [3.05, 3.63) is 30.3 Å². The van der Waals surface area contributed by atoms with Gasteiger partial charge in [0.2, 0.25) is 11.8 Å². The number of fused-ring (bicyclic) bond motifs is 1. The van der Waals surface area contributed by atoms with Crippen LogP contribution in [-0.4, -0.2) is 65.0 Å². The number of aromatic nitrogens is 1. The third-order valence-corrected chi connectivity index (χ3v) is 5.86. The fourth-order valence-electron chi connectivity index (χ4n) is 4.02. The van der Waals surface area contributed by atoms with Gasteiger partial charge in [-0.2, -0.15) is 13.2 Å². The molecule has 1 N–H and O–H groups in total. The molecule has 2 aromatic rings. The van der Waals surface area contributed by atoms with Crippen LogP contribution in [-0.2, 0) is 15.1 Å². The number of nitrogens with one attached hydrogen (secondary N) is 1. The van der Waals surface area contributed by atoms with Crippen LogP contribution in [0.15, 0.2) is 28.9 Å². The topological polar surface area (TPSA) is 78.7 Å². The smallest absolute Gasteiger partial charge is 0.405 e. The Kier molecular flexibility index (Phi) is 6.79. The first-order valence-electron chi connectivity index (χ1n) is 10.9. The lowest BCUT2D eigenvalue weighted by Gasteiger charge is -2.46. The molecule has 0 aliphatic carbocycles. The molecule has 1 aliphatic rings. The molecule has 182 valence electrons. The first-order chi connectivity index (χ1) is 15.2. The van der Waals surface area contributed by atoms with Crippen LogP contribution in [0.2, 0.25) is 0 Å². The predicted molar refractivity (Wildman–Crippen MR) is 117 cm³/mol. The maximum absolute atomic E-state index is 13.0. The highest BCUT2D eigenvalue weighted by Crippen LogP contribution is 2.34. The van der Waals surface area contributed by atoms with Crippen molar-refractivity contribution in [1.82, 2.24) is 20.1 Å². The van der Waals surface area contributed by atoms with Gasteiger partial charge in [-0.05, 0) is 31.4 Å². The second-order valence-electron chi connectivity index (χ2n) is 10.2. The van der Waals surface area contributed by atoms with E-state index < -0.39 is 30.2 Å². The van der Waals surface area contributed by atoms with Crippen molar-refractivity contribution in [3.8, 4) is 0 Å². The number of piperazine rings is 1. The maximum Gasteiger partial charge on any atom is 0.405 e. The third-order valence-electron chi connectivity index (χ3n) is 5.86. The van der Waals surface area contributed by atoms with Crippen molar-refractivity contribution in [2.75, 3.05) is 26.2 Å². The van der Waals surface area contributed by atoms with Crippen LogP contribution in [0.3, 0.4) is 0 Å². The third kappa shape index (κ3) is 6.04. The Morgan fingerprint density at radius 1 is 1.18 bits per heavy atom. The minimum atomic E-state index is -4.54. The Hall–Kier alpha value is -2.62. The summed E-state index contributed by atoms with van der Waals surface area (Å²) in [5.41, 5.74) is -0.310. The lowest BCUT2D eigenvalue weighted by Crippen LogP contribution is -2.64. The van der Waals surface area contributed by atoms with Gasteiger partial charge in [0.1, 0.15) is 23.9 Å². The minimum absolute atomic E-state index is 0.0852. The molecule has 0 aromatic carbocycles. The molecule has 0 spiro atoms. The first kappa shape index (κ1) is 25.0. The summed E-state index contributed by atoms with van der Waals surface area (Å²) in [7, 11) is 0. The summed E-state index contributed by atoms with van der Waals surface area (Å²) < 4.78 is 44.2. The Bertz CT molecular complexity index is 977. The Morgan fingerprint density at radius 2 is 1.88 bits per heavy atom.